The summed E-state index contributed by atoms with van der Waals surface area (Å²) in [6, 6.07) is 20.3. The van der Waals surface area contributed by atoms with Crippen LogP contribution in [0.4, 0.5) is 14.9 Å². The monoisotopic (exact) mass is 564 g/mol. The quantitative estimate of drug-likeness (QED) is 0.316. The predicted octanol–water partition coefficient (Wildman–Crippen LogP) is 6.58. The summed E-state index contributed by atoms with van der Waals surface area (Å²) >= 11 is 6.21. The maximum absolute atomic E-state index is 14.1. The zero-order chi connectivity index (χ0) is 28.9. The number of benzene rings is 3. The number of hydrazine groups is 1. The van der Waals surface area contributed by atoms with Crippen molar-refractivity contribution in [2.45, 2.75) is 58.0 Å². The Morgan fingerprint density at radius 1 is 0.925 bits per heavy atom. The molecule has 1 fully saturated rings. The molecule has 3 unspecified atom stereocenters. The Hall–Kier alpha value is -3.91. The molecule has 1 heterocycles. The highest BCUT2D eigenvalue weighted by atomic mass is 35.5. The fourth-order valence-corrected chi connectivity index (χ4v) is 5.12. The van der Waals surface area contributed by atoms with Gasteiger partial charge in [-0.05, 0) is 59.6 Å². The number of para-hydroxylation sites is 1. The van der Waals surface area contributed by atoms with Gasteiger partial charge in [-0.15, -0.1) is 0 Å². The van der Waals surface area contributed by atoms with Crippen molar-refractivity contribution in [1.82, 2.24) is 15.8 Å². The smallest absolute Gasteiger partial charge is 0.319 e. The van der Waals surface area contributed by atoms with Gasteiger partial charge in [-0.3, -0.25) is 15.0 Å². The number of anilines is 1. The van der Waals surface area contributed by atoms with Crippen LogP contribution >= 0.6 is 11.6 Å². The van der Waals surface area contributed by atoms with Crippen molar-refractivity contribution >= 4 is 35.1 Å². The van der Waals surface area contributed by atoms with Gasteiger partial charge in [0, 0.05) is 6.42 Å². The van der Waals surface area contributed by atoms with Gasteiger partial charge in [0.2, 0.25) is 5.91 Å². The molecule has 0 radical (unpaired) electrons. The van der Waals surface area contributed by atoms with Crippen molar-refractivity contribution in [2.75, 3.05) is 5.32 Å². The molecule has 0 aliphatic carbocycles. The van der Waals surface area contributed by atoms with Crippen LogP contribution in [0.2, 0.25) is 5.02 Å². The summed E-state index contributed by atoms with van der Waals surface area (Å²) in [5.74, 6) is -1.35. The summed E-state index contributed by atoms with van der Waals surface area (Å²) in [5, 5.41) is 7.18. The second-order valence-electron chi connectivity index (χ2n) is 11.3. The highest BCUT2D eigenvalue weighted by Crippen LogP contribution is 2.38. The molecule has 3 aromatic rings. The minimum atomic E-state index is -0.965. The van der Waals surface area contributed by atoms with Gasteiger partial charge in [0.05, 0.1) is 16.8 Å². The number of nitrogens with one attached hydrogen (secondary N) is 3. The molecule has 210 valence electrons. The molecule has 7 nitrogen and oxygen atoms in total. The van der Waals surface area contributed by atoms with E-state index in [1.165, 1.54) is 17.1 Å². The number of carbonyl (C=O) groups excluding carboxylic acids is 3. The predicted molar refractivity (Wildman–Crippen MR) is 154 cm³/mol. The van der Waals surface area contributed by atoms with Crippen molar-refractivity contribution < 1.29 is 18.8 Å². The van der Waals surface area contributed by atoms with Crippen LogP contribution in [0.5, 0.6) is 0 Å². The molecule has 0 spiro atoms. The Balaban J connectivity index is 1.70. The maximum atomic E-state index is 14.1. The summed E-state index contributed by atoms with van der Waals surface area (Å²) in [6.45, 7) is 5.80. The number of carbonyl (C=O) groups is 3. The van der Waals surface area contributed by atoms with Gasteiger partial charge >= 0.3 is 6.03 Å². The number of hydrogen-bond donors (Lipinski definition) is 3. The van der Waals surface area contributed by atoms with Gasteiger partial charge in [-0.25, -0.2) is 14.2 Å². The van der Waals surface area contributed by atoms with Crippen LogP contribution in [0.1, 0.15) is 63.1 Å². The number of rotatable bonds is 6. The van der Waals surface area contributed by atoms with Gasteiger partial charge < -0.3 is 10.6 Å². The van der Waals surface area contributed by atoms with Gasteiger partial charge in [-0.2, -0.15) is 0 Å². The molecule has 40 heavy (non-hydrogen) atoms. The van der Waals surface area contributed by atoms with E-state index in [4.69, 9.17) is 11.6 Å². The van der Waals surface area contributed by atoms with Crippen molar-refractivity contribution in [1.29, 1.82) is 0 Å². The van der Waals surface area contributed by atoms with Gasteiger partial charge in [-0.1, -0.05) is 87.0 Å². The van der Waals surface area contributed by atoms with Crippen LogP contribution in [-0.2, 0) is 9.59 Å². The molecule has 0 bridgehead atoms. The summed E-state index contributed by atoms with van der Waals surface area (Å²) < 4.78 is 13.8. The van der Waals surface area contributed by atoms with Crippen molar-refractivity contribution in [3.63, 3.8) is 0 Å². The zero-order valence-electron chi connectivity index (χ0n) is 22.8. The van der Waals surface area contributed by atoms with E-state index in [0.29, 0.717) is 29.1 Å². The first-order valence-electron chi connectivity index (χ1n) is 13.2. The Morgan fingerprint density at radius 3 is 2.23 bits per heavy atom. The SMILES string of the molecule is CC(C)(C)CC(=O)NN1C(=O)C(NC(=O)Nc2ccccc2Cl)CC(c2ccccc2)CC1c1ccc(F)cc1. The molecule has 1 saturated heterocycles. The Morgan fingerprint density at radius 2 is 1.57 bits per heavy atom. The standard InChI is InChI=1S/C31H34ClFN4O3/c1-31(2,3)19-28(38)36-37-27(21-13-15-23(33)16-14-21)18-22(20-9-5-4-6-10-20)17-26(29(37)39)35-30(40)34-25-12-8-7-11-24(25)32/h4-16,22,26-27H,17-19H2,1-3H3,(H,36,38)(H2,34,35,40). The van der Waals surface area contributed by atoms with E-state index in [9.17, 15) is 18.8 Å². The second kappa shape index (κ2) is 12.5. The minimum Gasteiger partial charge on any atom is -0.326 e. The van der Waals surface area contributed by atoms with Gasteiger partial charge in [0.15, 0.2) is 0 Å². The van der Waals surface area contributed by atoms with Gasteiger partial charge in [0.25, 0.3) is 5.91 Å². The summed E-state index contributed by atoms with van der Waals surface area (Å²) in [6.07, 6.45) is 0.920. The van der Waals surface area contributed by atoms with Crippen LogP contribution in [0, 0.1) is 11.2 Å². The van der Waals surface area contributed by atoms with E-state index in [2.05, 4.69) is 16.1 Å². The first kappa shape index (κ1) is 29.1. The molecule has 3 atom stereocenters. The highest BCUT2D eigenvalue weighted by Gasteiger charge is 2.40. The molecule has 0 aromatic heterocycles. The fraction of sp³-hybridized carbons (Fsp3) is 0.323. The number of urea groups is 1. The highest BCUT2D eigenvalue weighted by molar-refractivity contribution is 6.33. The molecule has 1 aliphatic heterocycles. The van der Waals surface area contributed by atoms with Crippen molar-refractivity contribution in [3.05, 3.63) is 101 Å². The molecule has 3 aromatic carbocycles. The van der Waals surface area contributed by atoms with Crippen molar-refractivity contribution in [3.8, 4) is 0 Å². The molecular weight excluding hydrogens is 531 g/mol. The average Bonchev–Trinajstić information content (AvgIpc) is 3.02. The number of halogens is 2. The third-order valence-corrected chi connectivity index (χ3v) is 7.09. The number of hydrogen-bond acceptors (Lipinski definition) is 3. The van der Waals surface area contributed by atoms with E-state index in [0.717, 1.165) is 5.56 Å². The largest absolute Gasteiger partial charge is 0.326 e. The lowest BCUT2D eigenvalue weighted by molar-refractivity contribution is -0.146. The molecule has 4 amide bonds. The first-order valence-corrected chi connectivity index (χ1v) is 13.6. The third-order valence-electron chi connectivity index (χ3n) is 6.76. The minimum absolute atomic E-state index is 0.157. The molecule has 4 rings (SSSR count). The topological polar surface area (TPSA) is 90.5 Å². The third kappa shape index (κ3) is 7.60. The Kier molecular flexibility index (Phi) is 9.10. The van der Waals surface area contributed by atoms with Crippen LogP contribution in [0.25, 0.3) is 0 Å². The fourth-order valence-electron chi connectivity index (χ4n) is 4.93. The van der Waals surface area contributed by atoms with E-state index in [-0.39, 0.29) is 23.7 Å². The lowest BCUT2D eigenvalue weighted by Gasteiger charge is -2.33. The van der Waals surface area contributed by atoms with Crippen LogP contribution < -0.4 is 16.1 Å². The first-order chi connectivity index (χ1) is 19.0. The van der Waals surface area contributed by atoms with Crippen LogP contribution in [0.3, 0.4) is 0 Å². The molecule has 1 aliphatic rings. The zero-order valence-corrected chi connectivity index (χ0v) is 23.5. The van der Waals surface area contributed by atoms with E-state index >= 15 is 0 Å². The molecule has 0 saturated carbocycles. The van der Waals surface area contributed by atoms with E-state index < -0.39 is 29.8 Å². The lowest BCUT2D eigenvalue weighted by Crippen LogP contribution is -2.55. The maximum Gasteiger partial charge on any atom is 0.319 e. The summed E-state index contributed by atoms with van der Waals surface area (Å²) in [7, 11) is 0. The molecular formula is C31H34ClFN4O3. The summed E-state index contributed by atoms with van der Waals surface area (Å²) in [5.41, 5.74) is 4.57. The average molecular weight is 565 g/mol. The van der Waals surface area contributed by atoms with Crippen molar-refractivity contribution in [2.24, 2.45) is 5.41 Å². The number of amides is 4. The second-order valence-corrected chi connectivity index (χ2v) is 11.7. The van der Waals surface area contributed by atoms with E-state index in [1.807, 2.05) is 51.1 Å². The molecule has 9 heteroatoms. The Labute approximate surface area is 239 Å². The van der Waals surface area contributed by atoms with E-state index in [1.54, 1.807) is 36.4 Å². The Bertz CT molecular complexity index is 1340. The normalized spacial score (nSPS) is 19.5. The summed E-state index contributed by atoms with van der Waals surface area (Å²) in [4.78, 5) is 40.3. The number of nitrogens with zero attached hydrogens (tertiary/aromatic N) is 1. The van der Waals surface area contributed by atoms with Crippen LogP contribution in [-0.4, -0.2) is 28.9 Å². The van der Waals surface area contributed by atoms with Gasteiger partial charge in [0.1, 0.15) is 11.9 Å². The van der Waals surface area contributed by atoms with Crippen LogP contribution in [0.15, 0.2) is 78.9 Å². The lowest BCUT2D eigenvalue weighted by atomic mass is 9.86. The molecule has 3 N–H and O–H groups in total.